The summed E-state index contributed by atoms with van der Waals surface area (Å²) in [5, 5.41) is 3.08. The maximum atomic E-state index is 13.0. The van der Waals surface area contributed by atoms with Gasteiger partial charge in [0.1, 0.15) is 6.04 Å². The summed E-state index contributed by atoms with van der Waals surface area (Å²) in [6.45, 7) is 1.59. The van der Waals surface area contributed by atoms with Crippen LogP contribution in [-0.2, 0) is 16.0 Å². The van der Waals surface area contributed by atoms with E-state index in [1.807, 2.05) is 47.4 Å². The zero-order chi connectivity index (χ0) is 19.5. The molecule has 1 saturated heterocycles. The van der Waals surface area contributed by atoms with E-state index in [-0.39, 0.29) is 23.7 Å². The van der Waals surface area contributed by atoms with Crippen molar-refractivity contribution >= 4 is 27.7 Å². The Morgan fingerprint density at radius 1 is 1.07 bits per heavy atom. The van der Waals surface area contributed by atoms with Crippen molar-refractivity contribution in [3.8, 4) is 0 Å². The second-order valence-corrected chi connectivity index (χ2v) is 8.70. The van der Waals surface area contributed by atoms with Crippen molar-refractivity contribution in [2.24, 2.45) is 5.92 Å². The molecule has 28 heavy (non-hydrogen) atoms. The summed E-state index contributed by atoms with van der Waals surface area (Å²) in [5.74, 6) is 0.253. The smallest absolute Gasteiger partial charge is 0.245 e. The van der Waals surface area contributed by atoms with Crippen molar-refractivity contribution in [2.45, 2.75) is 37.6 Å². The number of carbonyl (C=O) groups excluding carboxylic acids is 2. The maximum absolute atomic E-state index is 13.0. The number of likely N-dealkylation sites (tertiary alicyclic amines) is 1. The summed E-state index contributed by atoms with van der Waals surface area (Å²) in [5.41, 5.74) is 2.25. The molecule has 1 aliphatic carbocycles. The third-order valence-electron chi connectivity index (χ3n) is 5.72. The first-order chi connectivity index (χ1) is 13.6. The minimum Gasteiger partial charge on any atom is -0.344 e. The first-order valence-electron chi connectivity index (χ1n) is 10.0. The molecule has 0 aromatic heterocycles. The van der Waals surface area contributed by atoms with Crippen LogP contribution in [0.25, 0.3) is 0 Å². The SMILES string of the molecule is O=C(NC(Cc1ccccc1)C(=O)N1CCCC1)C1CC1c1cccc(Br)c1. The average molecular weight is 441 g/mol. The van der Waals surface area contributed by atoms with E-state index < -0.39 is 6.04 Å². The molecule has 2 aromatic rings. The molecule has 4 rings (SSSR count). The maximum Gasteiger partial charge on any atom is 0.245 e. The van der Waals surface area contributed by atoms with E-state index in [1.165, 1.54) is 5.56 Å². The van der Waals surface area contributed by atoms with Crippen LogP contribution in [0, 0.1) is 5.92 Å². The Hall–Kier alpha value is -2.14. The third-order valence-corrected chi connectivity index (χ3v) is 6.21. The molecule has 2 aromatic carbocycles. The van der Waals surface area contributed by atoms with Crippen LogP contribution in [0.15, 0.2) is 59.1 Å². The summed E-state index contributed by atoms with van der Waals surface area (Å²) in [7, 11) is 0. The summed E-state index contributed by atoms with van der Waals surface area (Å²) in [4.78, 5) is 27.8. The van der Waals surface area contributed by atoms with E-state index in [9.17, 15) is 9.59 Å². The summed E-state index contributed by atoms with van der Waals surface area (Å²) in [6.07, 6.45) is 3.48. The lowest BCUT2D eigenvalue weighted by atomic mass is 10.0. The molecular formula is C23H25BrN2O2. The van der Waals surface area contributed by atoms with Gasteiger partial charge in [-0.2, -0.15) is 0 Å². The first-order valence-corrected chi connectivity index (χ1v) is 10.8. The van der Waals surface area contributed by atoms with Crippen LogP contribution >= 0.6 is 15.9 Å². The number of hydrogen-bond donors (Lipinski definition) is 1. The molecule has 0 radical (unpaired) electrons. The van der Waals surface area contributed by atoms with Gasteiger partial charge in [0, 0.05) is 29.9 Å². The fraction of sp³-hybridized carbons (Fsp3) is 0.391. The van der Waals surface area contributed by atoms with Crippen LogP contribution in [0.5, 0.6) is 0 Å². The van der Waals surface area contributed by atoms with Gasteiger partial charge in [-0.1, -0.05) is 58.4 Å². The number of nitrogens with one attached hydrogen (secondary N) is 1. The van der Waals surface area contributed by atoms with Gasteiger partial charge in [-0.15, -0.1) is 0 Å². The highest BCUT2D eigenvalue weighted by atomic mass is 79.9. The summed E-state index contributed by atoms with van der Waals surface area (Å²) >= 11 is 3.50. The lowest BCUT2D eigenvalue weighted by Gasteiger charge is -2.24. The van der Waals surface area contributed by atoms with Gasteiger partial charge in [0.05, 0.1) is 0 Å². The first kappa shape index (κ1) is 19.2. The van der Waals surface area contributed by atoms with Gasteiger partial charge in [-0.3, -0.25) is 9.59 Å². The monoisotopic (exact) mass is 440 g/mol. The molecule has 1 aliphatic heterocycles. The largest absolute Gasteiger partial charge is 0.344 e. The summed E-state index contributed by atoms with van der Waals surface area (Å²) in [6, 6.07) is 17.6. The number of hydrogen-bond acceptors (Lipinski definition) is 2. The Balaban J connectivity index is 1.44. The van der Waals surface area contributed by atoms with Crippen LogP contribution in [0.4, 0.5) is 0 Å². The molecule has 2 aliphatic rings. The Labute approximate surface area is 174 Å². The van der Waals surface area contributed by atoms with E-state index >= 15 is 0 Å². The normalized spacial score (nSPS) is 22.0. The van der Waals surface area contributed by atoms with E-state index in [4.69, 9.17) is 0 Å². The minimum absolute atomic E-state index is 0.00143. The van der Waals surface area contributed by atoms with E-state index in [1.54, 1.807) is 0 Å². The molecule has 2 fully saturated rings. The number of benzene rings is 2. The van der Waals surface area contributed by atoms with E-state index in [0.29, 0.717) is 6.42 Å². The number of carbonyl (C=O) groups is 2. The molecular weight excluding hydrogens is 416 g/mol. The number of rotatable bonds is 6. The van der Waals surface area contributed by atoms with Crippen molar-refractivity contribution in [1.82, 2.24) is 10.2 Å². The van der Waals surface area contributed by atoms with Crippen molar-refractivity contribution < 1.29 is 9.59 Å². The van der Waals surface area contributed by atoms with Crippen LogP contribution in [-0.4, -0.2) is 35.8 Å². The highest BCUT2D eigenvalue weighted by Crippen LogP contribution is 2.48. The zero-order valence-electron chi connectivity index (χ0n) is 15.8. The van der Waals surface area contributed by atoms with Crippen molar-refractivity contribution in [3.05, 3.63) is 70.2 Å². The Kier molecular flexibility index (Phi) is 5.81. The number of nitrogens with zero attached hydrogens (tertiary/aromatic N) is 1. The average Bonchev–Trinajstić information content (AvgIpc) is 3.33. The molecule has 1 N–H and O–H groups in total. The van der Waals surface area contributed by atoms with Crippen molar-refractivity contribution in [1.29, 1.82) is 0 Å². The molecule has 0 spiro atoms. The highest BCUT2D eigenvalue weighted by molar-refractivity contribution is 9.10. The zero-order valence-corrected chi connectivity index (χ0v) is 17.4. The van der Waals surface area contributed by atoms with Gasteiger partial charge < -0.3 is 10.2 Å². The molecule has 1 saturated carbocycles. The molecule has 3 atom stereocenters. The predicted octanol–water partition coefficient (Wildman–Crippen LogP) is 3.90. The molecule has 4 nitrogen and oxygen atoms in total. The van der Waals surface area contributed by atoms with Crippen LogP contribution in [0.3, 0.4) is 0 Å². The molecule has 146 valence electrons. The van der Waals surface area contributed by atoms with E-state index in [2.05, 4.69) is 33.4 Å². The fourth-order valence-corrected chi connectivity index (χ4v) is 4.49. The van der Waals surface area contributed by atoms with E-state index in [0.717, 1.165) is 42.4 Å². The third kappa shape index (κ3) is 4.46. The molecule has 2 amide bonds. The van der Waals surface area contributed by atoms with Crippen LogP contribution in [0.2, 0.25) is 0 Å². The van der Waals surface area contributed by atoms with Crippen molar-refractivity contribution in [3.63, 3.8) is 0 Å². The number of amides is 2. The topological polar surface area (TPSA) is 49.4 Å². The van der Waals surface area contributed by atoms with Gasteiger partial charge >= 0.3 is 0 Å². The Bertz CT molecular complexity index is 849. The standard InChI is InChI=1S/C23H25BrN2O2/c24-18-10-6-9-17(14-18)19-15-20(19)22(27)25-21(13-16-7-2-1-3-8-16)23(28)26-11-4-5-12-26/h1-3,6-10,14,19-21H,4-5,11-13,15H2,(H,25,27). The quantitative estimate of drug-likeness (QED) is 0.740. The van der Waals surface area contributed by atoms with Crippen LogP contribution < -0.4 is 5.32 Å². The molecule has 3 unspecified atom stereocenters. The second-order valence-electron chi connectivity index (χ2n) is 7.79. The van der Waals surface area contributed by atoms with Crippen LogP contribution in [0.1, 0.15) is 36.3 Å². The van der Waals surface area contributed by atoms with Gasteiger partial charge in [0.15, 0.2) is 0 Å². The van der Waals surface area contributed by atoms with Gasteiger partial charge in [0.25, 0.3) is 0 Å². The fourth-order valence-electron chi connectivity index (χ4n) is 4.08. The number of halogens is 1. The van der Waals surface area contributed by atoms with Gasteiger partial charge in [-0.05, 0) is 48.4 Å². The molecule has 5 heteroatoms. The Morgan fingerprint density at radius 2 is 1.82 bits per heavy atom. The van der Waals surface area contributed by atoms with Gasteiger partial charge in [0.2, 0.25) is 11.8 Å². The lowest BCUT2D eigenvalue weighted by Crippen LogP contribution is -2.49. The predicted molar refractivity (Wildman–Crippen MR) is 113 cm³/mol. The minimum atomic E-state index is -0.489. The lowest BCUT2D eigenvalue weighted by molar-refractivity contribution is -0.135. The summed E-state index contributed by atoms with van der Waals surface area (Å²) < 4.78 is 1.03. The van der Waals surface area contributed by atoms with Gasteiger partial charge in [-0.25, -0.2) is 0 Å². The molecule has 0 bridgehead atoms. The molecule has 1 heterocycles. The second kappa shape index (κ2) is 8.48. The Morgan fingerprint density at radius 3 is 2.54 bits per heavy atom. The highest BCUT2D eigenvalue weighted by Gasteiger charge is 2.45. The van der Waals surface area contributed by atoms with Crippen molar-refractivity contribution in [2.75, 3.05) is 13.1 Å².